The number of nitrogens with zero attached hydrogens (tertiary/aromatic N) is 1. The molecule has 0 radical (unpaired) electrons. The summed E-state index contributed by atoms with van der Waals surface area (Å²) in [4.78, 5) is 2.58. The number of piperidine rings is 1. The van der Waals surface area contributed by atoms with Gasteiger partial charge in [-0.25, -0.2) is 0 Å². The van der Waals surface area contributed by atoms with Gasteiger partial charge in [0.25, 0.3) is 0 Å². The van der Waals surface area contributed by atoms with Crippen molar-refractivity contribution in [1.82, 2.24) is 4.90 Å². The maximum absolute atomic E-state index is 5.94. The van der Waals surface area contributed by atoms with Gasteiger partial charge in [0.1, 0.15) is 0 Å². The molecule has 1 saturated heterocycles. The maximum Gasteiger partial charge on any atom is 0.0462 e. The highest BCUT2D eigenvalue weighted by molar-refractivity contribution is 4.80. The Morgan fingerprint density at radius 1 is 1.33 bits per heavy atom. The minimum Gasteiger partial charge on any atom is -0.385 e. The zero-order valence-electron chi connectivity index (χ0n) is 10.2. The van der Waals surface area contributed by atoms with Crippen molar-refractivity contribution in [1.29, 1.82) is 0 Å². The molecule has 0 aromatic rings. The number of likely N-dealkylation sites (tertiary alicyclic amines) is 1. The van der Waals surface area contributed by atoms with Gasteiger partial charge < -0.3 is 15.4 Å². The Labute approximate surface area is 94.0 Å². The number of rotatable bonds is 6. The van der Waals surface area contributed by atoms with Crippen LogP contribution >= 0.6 is 0 Å². The zero-order chi connectivity index (χ0) is 11.1. The van der Waals surface area contributed by atoms with Gasteiger partial charge in [-0.2, -0.15) is 0 Å². The molecule has 1 aliphatic rings. The van der Waals surface area contributed by atoms with E-state index in [4.69, 9.17) is 10.5 Å². The summed E-state index contributed by atoms with van der Waals surface area (Å²) < 4.78 is 5.04. The van der Waals surface area contributed by atoms with Crippen LogP contribution in [0.3, 0.4) is 0 Å². The normalized spacial score (nSPS) is 28.2. The fourth-order valence-electron chi connectivity index (χ4n) is 2.33. The van der Waals surface area contributed by atoms with Crippen LogP contribution in [0.5, 0.6) is 0 Å². The Morgan fingerprint density at radius 3 is 2.80 bits per heavy atom. The molecule has 0 bridgehead atoms. The van der Waals surface area contributed by atoms with Gasteiger partial charge >= 0.3 is 0 Å². The van der Waals surface area contributed by atoms with Gasteiger partial charge in [-0.3, -0.25) is 0 Å². The standard InChI is InChI=1S/C12H26N2O/c1-11-10-12(13)6-8-14(11)7-4-3-5-9-15-2/h11-12H,3-10,13H2,1-2H3. The first-order valence-electron chi connectivity index (χ1n) is 6.22. The smallest absolute Gasteiger partial charge is 0.0462 e. The van der Waals surface area contributed by atoms with Gasteiger partial charge in [-0.15, -0.1) is 0 Å². The molecule has 1 rings (SSSR count). The number of hydrogen-bond acceptors (Lipinski definition) is 3. The first-order chi connectivity index (χ1) is 7.24. The average Bonchev–Trinajstić information content (AvgIpc) is 2.20. The second-order valence-corrected chi connectivity index (χ2v) is 4.72. The number of hydrogen-bond donors (Lipinski definition) is 1. The molecule has 90 valence electrons. The fraction of sp³-hybridized carbons (Fsp3) is 1.00. The Morgan fingerprint density at radius 2 is 2.13 bits per heavy atom. The molecule has 3 heteroatoms. The van der Waals surface area contributed by atoms with E-state index in [2.05, 4.69) is 11.8 Å². The molecule has 1 aliphatic heterocycles. The van der Waals surface area contributed by atoms with Gasteiger partial charge in [0.05, 0.1) is 0 Å². The highest BCUT2D eigenvalue weighted by atomic mass is 16.5. The lowest BCUT2D eigenvalue weighted by atomic mass is 9.99. The third-order valence-electron chi connectivity index (χ3n) is 3.35. The Balaban J connectivity index is 2.05. The lowest BCUT2D eigenvalue weighted by Crippen LogP contribution is -2.45. The molecule has 0 spiro atoms. The molecule has 0 aliphatic carbocycles. The monoisotopic (exact) mass is 214 g/mol. The first-order valence-corrected chi connectivity index (χ1v) is 6.22. The highest BCUT2D eigenvalue weighted by Crippen LogP contribution is 2.16. The van der Waals surface area contributed by atoms with Crippen LogP contribution in [0.15, 0.2) is 0 Å². The molecule has 2 N–H and O–H groups in total. The minimum atomic E-state index is 0.435. The SMILES string of the molecule is COCCCCCN1CCC(N)CC1C. The van der Waals surface area contributed by atoms with E-state index in [0.717, 1.165) is 13.0 Å². The van der Waals surface area contributed by atoms with Gasteiger partial charge in [-0.05, 0) is 52.1 Å². The van der Waals surface area contributed by atoms with Crippen LogP contribution in [-0.2, 0) is 4.74 Å². The molecule has 15 heavy (non-hydrogen) atoms. The van der Waals surface area contributed by atoms with Crippen LogP contribution in [0.4, 0.5) is 0 Å². The summed E-state index contributed by atoms with van der Waals surface area (Å²) in [6.45, 7) is 5.62. The Kier molecular flexibility index (Phi) is 6.22. The molecule has 3 nitrogen and oxygen atoms in total. The van der Waals surface area contributed by atoms with Crippen molar-refractivity contribution in [2.24, 2.45) is 5.73 Å². The van der Waals surface area contributed by atoms with E-state index in [0.29, 0.717) is 12.1 Å². The van der Waals surface area contributed by atoms with Crippen LogP contribution in [0.2, 0.25) is 0 Å². The maximum atomic E-state index is 5.94. The fourth-order valence-corrected chi connectivity index (χ4v) is 2.33. The number of unbranched alkanes of at least 4 members (excludes halogenated alkanes) is 2. The summed E-state index contributed by atoms with van der Waals surface area (Å²) >= 11 is 0. The van der Waals surface area contributed by atoms with Crippen molar-refractivity contribution in [2.75, 3.05) is 26.8 Å². The molecule has 0 amide bonds. The van der Waals surface area contributed by atoms with E-state index >= 15 is 0 Å². The quantitative estimate of drug-likeness (QED) is 0.683. The van der Waals surface area contributed by atoms with E-state index in [9.17, 15) is 0 Å². The van der Waals surface area contributed by atoms with Crippen LogP contribution in [0.25, 0.3) is 0 Å². The zero-order valence-corrected chi connectivity index (χ0v) is 10.2. The van der Waals surface area contributed by atoms with Crippen LogP contribution in [0, 0.1) is 0 Å². The van der Waals surface area contributed by atoms with Crippen LogP contribution in [-0.4, -0.2) is 43.8 Å². The molecule has 1 heterocycles. The van der Waals surface area contributed by atoms with Gasteiger partial charge in [-0.1, -0.05) is 0 Å². The van der Waals surface area contributed by atoms with E-state index in [1.165, 1.54) is 38.8 Å². The predicted molar refractivity (Wildman–Crippen MR) is 64.0 cm³/mol. The first kappa shape index (κ1) is 12.9. The van der Waals surface area contributed by atoms with Crippen LogP contribution < -0.4 is 5.73 Å². The topological polar surface area (TPSA) is 38.5 Å². The predicted octanol–water partition coefficient (Wildman–Crippen LogP) is 1.61. The minimum absolute atomic E-state index is 0.435. The largest absolute Gasteiger partial charge is 0.385 e. The van der Waals surface area contributed by atoms with Crippen molar-refractivity contribution in [3.63, 3.8) is 0 Å². The molecular formula is C12H26N2O. The van der Waals surface area contributed by atoms with Crippen molar-refractivity contribution in [2.45, 2.75) is 51.1 Å². The number of methoxy groups -OCH3 is 1. The summed E-state index contributed by atoms with van der Waals surface area (Å²) in [6, 6.07) is 1.11. The van der Waals surface area contributed by atoms with Crippen molar-refractivity contribution >= 4 is 0 Å². The van der Waals surface area contributed by atoms with Crippen LogP contribution in [0.1, 0.15) is 39.0 Å². The molecule has 1 fully saturated rings. The highest BCUT2D eigenvalue weighted by Gasteiger charge is 2.22. The summed E-state index contributed by atoms with van der Waals surface area (Å²) in [6.07, 6.45) is 6.10. The van der Waals surface area contributed by atoms with E-state index < -0.39 is 0 Å². The van der Waals surface area contributed by atoms with E-state index in [1.807, 2.05) is 0 Å². The van der Waals surface area contributed by atoms with E-state index in [-0.39, 0.29) is 0 Å². The van der Waals surface area contributed by atoms with Crippen molar-refractivity contribution < 1.29 is 4.74 Å². The third kappa shape index (κ3) is 4.96. The summed E-state index contributed by atoms with van der Waals surface area (Å²) in [5.41, 5.74) is 5.94. The molecule has 0 aromatic carbocycles. The molecule has 2 unspecified atom stereocenters. The summed E-state index contributed by atoms with van der Waals surface area (Å²) in [5.74, 6) is 0. The van der Waals surface area contributed by atoms with Gasteiger partial charge in [0.2, 0.25) is 0 Å². The summed E-state index contributed by atoms with van der Waals surface area (Å²) in [5, 5.41) is 0. The number of ether oxygens (including phenoxy) is 1. The van der Waals surface area contributed by atoms with E-state index in [1.54, 1.807) is 7.11 Å². The molecular weight excluding hydrogens is 188 g/mol. The Hall–Kier alpha value is -0.120. The Bertz CT molecular complexity index is 164. The molecule has 0 aromatic heterocycles. The van der Waals surface area contributed by atoms with Gasteiger partial charge in [0, 0.05) is 25.8 Å². The van der Waals surface area contributed by atoms with Crippen molar-refractivity contribution in [3.8, 4) is 0 Å². The van der Waals surface area contributed by atoms with Crippen molar-refractivity contribution in [3.05, 3.63) is 0 Å². The second kappa shape index (κ2) is 7.20. The summed E-state index contributed by atoms with van der Waals surface area (Å²) in [7, 11) is 1.77. The lowest BCUT2D eigenvalue weighted by Gasteiger charge is -2.36. The number of nitrogens with two attached hydrogens (primary N) is 1. The molecule has 2 atom stereocenters. The second-order valence-electron chi connectivity index (χ2n) is 4.72. The van der Waals surface area contributed by atoms with Gasteiger partial charge in [0.15, 0.2) is 0 Å². The third-order valence-corrected chi connectivity index (χ3v) is 3.35. The average molecular weight is 214 g/mol. The molecule has 0 saturated carbocycles. The lowest BCUT2D eigenvalue weighted by molar-refractivity contribution is 0.141.